The van der Waals surface area contributed by atoms with Gasteiger partial charge in [-0.05, 0) is 55.5 Å². The van der Waals surface area contributed by atoms with Gasteiger partial charge in [0.25, 0.3) is 0 Å². The van der Waals surface area contributed by atoms with Crippen molar-refractivity contribution in [2.45, 2.75) is 65.2 Å². The molecule has 1 heteroatoms. The third kappa shape index (κ3) is 3.71. The highest BCUT2D eigenvalue weighted by Crippen LogP contribution is 2.31. The molecule has 0 N–H and O–H groups in total. The Morgan fingerprint density at radius 2 is 2.06 bits per heavy atom. The van der Waals surface area contributed by atoms with Gasteiger partial charge in [-0.2, -0.15) is 0 Å². The number of thiophene rings is 1. The molecule has 0 spiro atoms. The van der Waals surface area contributed by atoms with Crippen LogP contribution in [0.25, 0.3) is 0 Å². The summed E-state index contributed by atoms with van der Waals surface area (Å²) in [5.41, 5.74) is 4.51. The van der Waals surface area contributed by atoms with Gasteiger partial charge in [0, 0.05) is 4.88 Å². The molecule has 1 fully saturated rings. The molecule has 0 bridgehead atoms. The fraction of sp³-hybridized carbons (Fsp3) is 0.647. The Labute approximate surface area is 116 Å². The fourth-order valence-corrected chi connectivity index (χ4v) is 4.06. The molecule has 0 unspecified atom stereocenters. The quantitative estimate of drug-likeness (QED) is 0.598. The van der Waals surface area contributed by atoms with Crippen molar-refractivity contribution in [3.63, 3.8) is 0 Å². The molecule has 2 rings (SSSR count). The summed E-state index contributed by atoms with van der Waals surface area (Å²) in [7, 11) is 0. The summed E-state index contributed by atoms with van der Waals surface area (Å²) in [6.45, 7) is 8.46. The molecule has 0 atom stereocenters. The van der Waals surface area contributed by atoms with E-state index in [0.29, 0.717) is 0 Å². The number of hydrogen-bond acceptors (Lipinski definition) is 1. The lowest BCUT2D eigenvalue weighted by Gasteiger charge is -2.21. The van der Waals surface area contributed by atoms with Crippen molar-refractivity contribution in [2.75, 3.05) is 0 Å². The normalized spacial score (nSPS) is 17.0. The highest BCUT2D eigenvalue weighted by Gasteiger charge is 2.16. The molecular formula is C17H26S. The van der Waals surface area contributed by atoms with Crippen LogP contribution >= 0.6 is 11.3 Å². The van der Waals surface area contributed by atoms with Gasteiger partial charge in [-0.1, -0.05) is 37.7 Å². The van der Waals surface area contributed by atoms with Gasteiger partial charge in [0.1, 0.15) is 0 Å². The number of rotatable bonds is 5. The minimum absolute atomic E-state index is 0.959. The highest BCUT2D eigenvalue weighted by atomic mass is 32.1. The Morgan fingerprint density at radius 3 is 2.72 bits per heavy atom. The summed E-state index contributed by atoms with van der Waals surface area (Å²) in [6.07, 6.45) is 10.9. The number of aryl methyl sites for hydroxylation is 1. The average Bonchev–Trinajstić information content (AvgIpc) is 2.70. The van der Waals surface area contributed by atoms with Crippen molar-refractivity contribution in [1.29, 1.82) is 0 Å². The van der Waals surface area contributed by atoms with Gasteiger partial charge in [0.15, 0.2) is 0 Å². The number of allylic oxidation sites excluding steroid dienone is 1. The van der Waals surface area contributed by atoms with Crippen molar-refractivity contribution in [3.05, 3.63) is 33.5 Å². The van der Waals surface area contributed by atoms with Crippen LogP contribution in [0.4, 0.5) is 0 Å². The number of hydrogen-bond donors (Lipinski definition) is 0. The van der Waals surface area contributed by atoms with Crippen LogP contribution in [0.2, 0.25) is 0 Å². The predicted octanol–water partition coefficient (Wildman–Crippen LogP) is 5.69. The van der Waals surface area contributed by atoms with Gasteiger partial charge in [0.05, 0.1) is 0 Å². The van der Waals surface area contributed by atoms with E-state index in [-0.39, 0.29) is 0 Å². The zero-order valence-corrected chi connectivity index (χ0v) is 12.7. The lowest BCUT2D eigenvalue weighted by Crippen LogP contribution is -2.09. The lowest BCUT2D eigenvalue weighted by molar-refractivity contribution is 0.356. The van der Waals surface area contributed by atoms with Crippen molar-refractivity contribution >= 4 is 11.3 Å². The first-order chi connectivity index (χ1) is 8.66. The van der Waals surface area contributed by atoms with Crippen LogP contribution in [-0.2, 0) is 12.8 Å². The van der Waals surface area contributed by atoms with Gasteiger partial charge in [-0.25, -0.2) is 0 Å². The van der Waals surface area contributed by atoms with Gasteiger partial charge in [0.2, 0.25) is 0 Å². The Balaban J connectivity index is 1.94. The third-order valence-corrected chi connectivity index (χ3v) is 5.45. The van der Waals surface area contributed by atoms with E-state index in [1.54, 1.807) is 16.0 Å². The molecule has 1 aromatic heterocycles. The molecule has 0 saturated heterocycles. The SMILES string of the molecule is C=C(C)CCc1scc(CC2CCCCC2)c1C. The standard InChI is InChI=1S/C17H26S/c1-13(2)9-10-17-14(3)16(12-18-17)11-15-7-5-4-6-8-15/h12,15H,1,4-11H2,2-3H3. The summed E-state index contributed by atoms with van der Waals surface area (Å²) < 4.78 is 0. The van der Waals surface area contributed by atoms with Gasteiger partial charge < -0.3 is 0 Å². The first kappa shape index (κ1) is 13.9. The summed E-state index contributed by atoms with van der Waals surface area (Å²) in [6, 6.07) is 0. The monoisotopic (exact) mass is 262 g/mol. The predicted molar refractivity (Wildman–Crippen MR) is 82.5 cm³/mol. The zero-order chi connectivity index (χ0) is 13.0. The molecule has 0 amide bonds. The van der Waals surface area contributed by atoms with E-state index in [1.165, 1.54) is 50.5 Å². The molecule has 1 aliphatic carbocycles. The van der Waals surface area contributed by atoms with Crippen LogP contribution in [0.1, 0.15) is 61.5 Å². The van der Waals surface area contributed by atoms with E-state index in [4.69, 9.17) is 0 Å². The van der Waals surface area contributed by atoms with Crippen LogP contribution in [-0.4, -0.2) is 0 Å². The second kappa shape index (κ2) is 6.56. The van der Waals surface area contributed by atoms with Gasteiger partial charge >= 0.3 is 0 Å². The molecule has 0 aromatic carbocycles. The topological polar surface area (TPSA) is 0 Å². The molecule has 18 heavy (non-hydrogen) atoms. The molecule has 0 nitrogen and oxygen atoms in total. The summed E-state index contributed by atoms with van der Waals surface area (Å²) in [4.78, 5) is 1.59. The van der Waals surface area contributed by atoms with Crippen LogP contribution in [0, 0.1) is 12.8 Å². The van der Waals surface area contributed by atoms with E-state index in [1.807, 2.05) is 11.3 Å². The molecule has 0 radical (unpaired) electrons. The Morgan fingerprint density at radius 1 is 1.33 bits per heavy atom. The summed E-state index contributed by atoms with van der Waals surface area (Å²) in [5, 5.41) is 2.41. The van der Waals surface area contributed by atoms with Crippen LogP contribution in [0.5, 0.6) is 0 Å². The Bertz CT molecular complexity index is 394. The second-order valence-corrected chi connectivity index (χ2v) is 6.94. The van der Waals surface area contributed by atoms with Crippen molar-refractivity contribution in [2.24, 2.45) is 5.92 Å². The first-order valence-electron chi connectivity index (χ1n) is 7.37. The van der Waals surface area contributed by atoms with Gasteiger partial charge in [-0.15, -0.1) is 17.9 Å². The summed E-state index contributed by atoms with van der Waals surface area (Å²) >= 11 is 1.97. The average molecular weight is 262 g/mol. The lowest BCUT2D eigenvalue weighted by atomic mass is 9.84. The molecule has 0 aliphatic heterocycles. The van der Waals surface area contributed by atoms with E-state index < -0.39 is 0 Å². The van der Waals surface area contributed by atoms with Crippen molar-refractivity contribution in [3.8, 4) is 0 Å². The minimum Gasteiger partial charge on any atom is -0.148 e. The van der Waals surface area contributed by atoms with Crippen molar-refractivity contribution < 1.29 is 0 Å². The maximum absolute atomic E-state index is 4.00. The van der Waals surface area contributed by atoms with E-state index in [2.05, 4.69) is 25.8 Å². The largest absolute Gasteiger partial charge is 0.148 e. The molecule has 1 saturated carbocycles. The van der Waals surface area contributed by atoms with E-state index >= 15 is 0 Å². The maximum atomic E-state index is 4.00. The first-order valence-corrected chi connectivity index (χ1v) is 8.25. The van der Waals surface area contributed by atoms with E-state index in [9.17, 15) is 0 Å². The minimum atomic E-state index is 0.959. The maximum Gasteiger partial charge on any atom is 0.00804 e. The molecule has 1 aromatic rings. The van der Waals surface area contributed by atoms with E-state index in [0.717, 1.165) is 12.3 Å². The van der Waals surface area contributed by atoms with Crippen LogP contribution < -0.4 is 0 Å². The zero-order valence-electron chi connectivity index (χ0n) is 11.9. The molecule has 1 aliphatic rings. The molecule has 100 valence electrons. The highest BCUT2D eigenvalue weighted by molar-refractivity contribution is 7.10. The summed E-state index contributed by atoms with van der Waals surface area (Å²) in [5.74, 6) is 0.959. The fourth-order valence-electron chi connectivity index (χ4n) is 2.97. The smallest absolute Gasteiger partial charge is 0.00804 e. The second-order valence-electron chi connectivity index (χ2n) is 5.97. The Hall–Kier alpha value is -0.560. The van der Waals surface area contributed by atoms with Gasteiger partial charge in [-0.3, -0.25) is 0 Å². The van der Waals surface area contributed by atoms with Crippen molar-refractivity contribution in [1.82, 2.24) is 0 Å². The Kier molecular flexibility index (Phi) is 5.05. The van der Waals surface area contributed by atoms with Crippen LogP contribution in [0.3, 0.4) is 0 Å². The van der Waals surface area contributed by atoms with Crippen LogP contribution in [0.15, 0.2) is 17.5 Å². The molecule has 1 heterocycles. The molecular weight excluding hydrogens is 236 g/mol. The third-order valence-electron chi connectivity index (χ3n) is 4.26.